The number of nitrogens with one attached hydrogen (secondary N) is 2. The SMILES string of the molecule is COCCOCC(=O)N1CC(C(=O)NC23CC2[C@@H](NC(=O)COc2ccc(Cl)c(F)c2)C3)Oc2ccc(Cl)cc21. The van der Waals surface area contributed by atoms with Crippen molar-refractivity contribution >= 4 is 46.6 Å². The molecule has 2 aliphatic carbocycles. The molecule has 2 aromatic carbocycles. The van der Waals surface area contributed by atoms with Gasteiger partial charge in [-0.25, -0.2) is 4.39 Å². The van der Waals surface area contributed by atoms with E-state index in [0.29, 0.717) is 35.9 Å². The molecule has 3 amide bonds. The van der Waals surface area contributed by atoms with Gasteiger partial charge in [0.05, 0.1) is 30.5 Å². The summed E-state index contributed by atoms with van der Waals surface area (Å²) >= 11 is 11.8. The number of anilines is 1. The number of methoxy groups -OCH3 is 1. The third-order valence-corrected chi connectivity index (χ3v) is 7.81. The van der Waals surface area contributed by atoms with E-state index in [9.17, 15) is 18.8 Å². The van der Waals surface area contributed by atoms with E-state index in [0.717, 1.165) is 6.07 Å². The quantitative estimate of drug-likeness (QED) is 0.384. The highest BCUT2D eigenvalue weighted by Gasteiger charge is 2.68. The second-order valence-electron chi connectivity index (χ2n) is 9.97. The minimum atomic E-state index is -0.936. The van der Waals surface area contributed by atoms with Crippen LogP contribution >= 0.6 is 23.2 Å². The molecule has 0 spiro atoms. The van der Waals surface area contributed by atoms with Gasteiger partial charge in [0, 0.05) is 35.7 Å². The van der Waals surface area contributed by atoms with Gasteiger partial charge in [-0.2, -0.15) is 0 Å². The number of carbonyl (C=O) groups is 3. The molecule has 4 atom stereocenters. The molecule has 0 radical (unpaired) electrons. The van der Waals surface area contributed by atoms with Crippen molar-refractivity contribution in [2.75, 3.05) is 45.0 Å². The summed E-state index contributed by atoms with van der Waals surface area (Å²) in [5.74, 6) is -1.02. The lowest BCUT2D eigenvalue weighted by Gasteiger charge is -2.38. The fraction of sp³-hybridized carbons (Fsp3) is 0.444. The van der Waals surface area contributed by atoms with E-state index in [-0.39, 0.29) is 66.8 Å². The van der Waals surface area contributed by atoms with Gasteiger partial charge in [-0.05, 0) is 43.2 Å². The third-order valence-electron chi connectivity index (χ3n) is 7.26. The molecule has 3 aliphatic rings. The molecule has 13 heteroatoms. The summed E-state index contributed by atoms with van der Waals surface area (Å²) in [7, 11) is 1.54. The Hall–Kier alpha value is -3.12. The molecule has 10 nitrogen and oxygen atoms in total. The third kappa shape index (κ3) is 6.12. The summed E-state index contributed by atoms with van der Waals surface area (Å²) in [6.45, 7) is 0.140. The van der Waals surface area contributed by atoms with Crippen molar-refractivity contribution in [2.24, 2.45) is 5.92 Å². The molecule has 3 unspecified atom stereocenters. The van der Waals surface area contributed by atoms with Crippen LogP contribution in [0.3, 0.4) is 0 Å². The van der Waals surface area contributed by atoms with Crippen molar-refractivity contribution in [3.05, 3.63) is 52.3 Å². The number of amides is 3. The molecule has 1 aliphatic heterocycles. The summed E-state index contributed by atoms with van der Waals surface area (Å²) in [6.07, 6.45) is 0.329. The monoisotopic (exact) mass is 595 g/mol. The van der Waals surface area contributed by atoms with Gasteiger partial charge in [-0.3, -0.25) is 14.4 Å². The predicted octanol–water partition coefficient (Wildman–Crippen LogP) is 2.73. The van der Waals surface area contributed by atoms with Crippen LogP contribution < -0.4 is 25.0 Å². The van der Waals surface area contributed by atoms with E-state index in [1.54, 1.807) is 18.2 Å². The molecule has 214 valence electrons. The average Bonchev–Trinajstić information content (AvgIpc) is 3.52. The normalized spacial score (nSPS) is 24.1. The maximum absolute atomic E-state index is 13.6. The second kappa shape index (κ2) is 11.8. The smallest absolute Gasteiger partial charge is 0.263 e. The van der Waals surface area contributed by atoms with Crippen LogP contribution in [0, 0.1) is 11.7 Å². The Balaban J connectivity index is 1.13. The molecule has 2 N–H and O–H groups in total. The number of ether oxygens (including phenoxy) is 4. The second-order valence-corrected chi connectivity index (χ2v) is 10.8. The molecular formula is C27H28Cl2FN3O7. The Kier molecular flexibility index (Phi) is 8.37. The lowest BCUT2D eigenvalue weighted by Crippen LogP contribution is -2.60. The van der Waals surface area contributed by atoms with E-state index >= 15 is 0 Å². The first-order valence-electron chi connectivity index (χ1n) is 12.7. The number of hydrogen-bond donors (Lipinski definition) is 2. The first kappa shape index (κ1) is 28.4. The Morgan fingerprint density at radius 2 is 1.95 bits per heavy atom. The van der Waals surface area contributed by atoms with E-state index in [1.165, 1.54) is 24.1 Å². The summed E-state index contributed by atoms with van der Waals surface area (Å²) in [5.41, 5.74) is 0.0473. The van der Waals surface area contributed by atoms with Gasteiger partial charge in [-0.15, -0.1) is 0 Å². The van der Waals surface area contributed by atoms with Gasteiger partial charge < -0.3 is 34.5 Å². The molecule has 0 bridgehead atoms. The molecule has 40 heavy (non-hydrogen) atoms. The molecule has 2 fully saturated rings. The van der Waals surface area contributed by atoms with Crippen molar-refractivity contribution in [1.29, 1.82) is 0 Å². The highest BCUT2D eigenvalue weighted by Crippen LogP contribution is 2.59. The van der Waals surface area contributed by atoms with Crippen LogP contribution in [0.15, 0.2) is 36.4 Å². The summed E-state index contributed by atoms with van der Waals surface area (Å²) in [5, 5.41) is 6.35. The molecule has 2 aromatic rings. The standard InChI is InChI=1S/C27H28Cl2FN3O7/c1-37-6-7-38-14-25(35)33-12-23(40-22-5-2-15(28)8-21(22)33)26(36)32-27-10-17(27)20(11-27)31-24(34)13-39-16-3-4-18(29)19(30)9-16/h2-5,8-9,17,20,23H,6-7,10-14H2,1H3,(H,31,34)(H,32,36)/t17?,20-,23?,27?/m0/s1. The van der Waals surface area contributed by atoms with Crippen molar-refractivity contribution in [2.45, 2.75) is 30.5 Å². The van der Waals surface area contributed by atoms with Crippen LogP contribution in [0.25, 0.3) is 0 Å². The number of fused-ring (bicyclic) bond motifs is 2. The highest BCUT2D eigenvalue weighted by molar-refractivity contribution is 6.31. The van der Waals surface area contributed by atoms with Crippen molar-refractivity contribution < 1.29 is 37.7 Å². The Bertz CT molecular complexity index is 1310. The van der Waals surface area contributed by atoms with Crippen molar-refractivity contribution in [1.82, 2.24) is 10.6 Å². The molecule has 5 rings (SSSR count). The van der Waals surface area contributed by atoms with Crippen LogP contribution in [0.5, 0.6) is 11.5 Å². The molecular weight excluding hydrogens is 568 g/mol. The Labute approximate surface area is 240 Å². The lowest BCUT2D eigenvalue weighted by molar-refractivity contribution is -0.130. The number of hydrogen-bond acceptors (Lipinski definition) is 7. The van der Waals surface area contributed by atoms with E-state index in [2.05, 4.69) is 10.6 Å². The zero-order valence-corrected chi connectivity index (χ0v) is 23.1. The zero-order chi connectivity index (χ0) is 28.4. The van der Waals surface area contributed by atoms with Crippen LogP contribution in [-0.2, 0) is 23.9 Å². The first-order valence-corrected chi connectivity index (χ1v) is 13.5. The zero-order valence-electron chi connectivity index (χ0n) is 21.6. The lowest BCUT2D eigenvalue weighted by atomic mass is 9.86. The van der Waals surface area contributed by atoms with Crippen LogP contribution in [-0.4, -0.2) is 75.5 Å². The maximum atomic E-state index is 13.6. The number of carbonyl (C=O) groups excluding carboxylic acids is 3. The minimum Gasteiger partial charge on any atom is -0.484 e. The van der Waals surface area contributed by atoms with Gasteiger partial charge >= 0.3 is 0 Å². The molecule has 2 saturated carbocycles. The predicted molar refractivity (Wildman–Crippen MR) is 143 cm³/mol. The molecule has 1 heterocycles. The fourth-order valence-corrected chi connectivity index (χ4v) is 5.40. The Morgan fingerprint density at radius 3 is 2.70 bits per heavy atom. The Morgan fingerprint density at radius 1 is 1.12 bits per heavy atom. The number of benzene rings is 2. The molecule has 0 saturated heterocycles. The number of rotatable bonds is 11. The van der Waals surface area contributed by atoms with E-state index < -0.39 is 17.5 Å². The maximum Gasteiger partial charge on any atom is 0.263 e. The average molecular weight is 596 g/mol. The minimum absolute atomic E-state index is 0.00477. The molecule has 0 aromatic heterocycles. The van der Waals surface area contributed by atoms with Crippen LogP contribution in [0.1, 0.15) is 12.8 Å². The highest BCUT2D eigenvalue weighted by atomic mass is 35.5. The topological polar surface area (TPSA) is 115 Å². The summed E-state index contributed by atoms with van der Waals surface area (Å²) in [6, 6.07) is 8.69. The summed E-state index contributed by atoms with van der Waals surface area (Å²) in [4.78, 5) is 39.9. The van der Waals surface area contributed by atoms with Gasteiger partial charge in [0.2, 0.25) is 0 Å². The van der Waals surface area contributed by atoms with E-state index in [1.807, 2.05) is 0 Å². The van der Waals surface area contributed by atoms with Gasteiger partial charge in [-0.1, -0.05) is 23.2 Å². The number of halogens is 3. The van der Waals surface area contributed by atoms with Crippen LogP contribution in [0.4, 0.5) is 10.1 Å². The fourth-order valence-electron chi connectivity index (χ4n) is 5.11. The first-order chi connectivity index (χ1) is 19.2. The summed E-state index contributed by atoms with van der Waals surface area (Å²) < 4.78 is 35.2. The van der Waals surface area contributed by atoms with Crippen molar-refractivity contribution in [3.63, 3.8) is 0 Å². The van der Waals surface area contributed by atoms with E-state index in [4.69, 9.17) is 42.1 Å². The van der Waals surface area contributed by atoms with Gasteiger partial charge in [0.15, 0.2) is 12.7 Å². The van der Waals surface area contributed by atoms with Gasteiger partial charge in [0.1, 0.15) is 23.9 Å². The van der Waals surface area contributed by atoms with Crippen LogP contribution in [0.2, 0.25) is 10.0 Å². The largest absolute Gasteiger partial charge is 0.484 e. The van der Waals surface area contributed by atoms with Gasteiger partial charge in [0.25, 0.3) is 17.7 Å². The number of nitrogens with zero attached hydrogens (tertiary/aromatic N) is 1. The van der Waals surface area contributed by atoms with Crippen molar-refractivity contribution in [3.8, 4) is 11.5 Å².